The van der Waals surface area contributed by atoms with Crippen LogP contribution in [0.3, 0.4) is 0 Å². The second-order valence-electron chi connectivity index (χ2n) is 7.75. The van der Waals surface area contributed by atoms with E-state index in [0.717, 1.165) is 29.5 Å². The Balaban J connectivity index is 1.74. The molecule has 33 heavy (non-hydrogen) atoms. The molecule has 0 atom stereocenters. The van der Waals surface area contributed by atoms with E-state index < -0.39 is 34.7 Å². The molecule has 1 saturated carbocycles. The number of alkyl halides is 3. The molecule has 10 heteroatoms. The highest BCUT2D eigenvalue weighted by molar-refractivity contribution is 7.81. The Kier molecular flexibility index (Phi) is 5.46. The number of carbonyl (C=O) groups is 2. The molecule has 2 aromatic carbocycles. The van der Waals surface area contributed by atoms with Gasteiger partial charge in [-0.05, 0) is 73.5 Å². The minimum Gasteiger partial charge on any atom is -0.478 e. The van der Waals surface area contributed by atoms with Crippen LogP contribution in [0.15, 0.2) is 48.5 Å². The van der Waals surface area contributed by atoms with E-state index in [1.807, 2.05) is 0 Å². The van der Waals surface area contributed by atoms with Gasteiger partial charge in [0.25, 0.3) is 5.91 Å². The van der Waals surface area contributed by atoms with Gasteiger partial charge in [0.2, 0.25) is 0 Å². The average Bonchev–Trinajstić information content (AvgIpc) is 2.98. The van der Waals surface area contributed by atoms with Crippen LogP contribution in [-0.4, -0.2) is 27.6 Å². The smallest absolute Gasteiger partial charge is 0.417 e. The lowest BCUT2D eigenvalue weighted by atomic mass is 9.75. The third-order valence-electron chi connectivity index (χ3n) is 5.85. The number of carboxylic acid groups (broad SMARTS) is 1. The highest BCUT2D eigenvalue weighted by atomic mass is 32.1. The zero-order chi connectivity index (χ0) is 24.0. The van der Waals surface area contributed by atoms with Crippen molar-refractivity contribution in [3.8, 4) is 6.07 Å². The summed E-state index contributed by atoms with van der Waals surface area (Å²) in [5.41, 5.74) is -1.50. The van der Waals surface area contributed by atoms with Gasteiger partial charge in [0.1, 0.15) is 5.54 Å². The first-order chi connectivity index (χ1) is 15.6. The Bertz CT molecular complexity index is 1230. The van der Waals surface area contributed by atoms with Crippen molar-refractivity contribution >= 4 is 46.7 Å². The minimum absolute atomic E-state index is 0.0476. The number of carbonyl (C=O) groups excluding carboxylic acids is 1. The first-order valence-corrected chi connectivity index (χ1v) is 10.3. The number of nitrogens with zero attached hydrogens (tertiary/aromatic N) is 3. The van der Waals surface area contributed by atoms with Crippen molar-refractivity contribution in [1.82, 2.24) is 0 Å². The lowest BCUT2D eigenvalue weighted by Crippen LogP contribution is -2.55. The maximum atomic E-state index is 13.5. The van der Waals surface area contributed by atoms with Crippen molar-refractivity contribution < 1.29 is 27.9 Å². The summed E-state index contributed by atoms with van der Waals surface area (Å²) in [7, 11) is 0. The van der Waals surface area contributed by atoms with Gasteiger partial charge in [-0.1, -0.05) is 12.1 Å². The number of halogens is 3. The summed E-state index contributed by atoms with van der Waals surface area (Å²) in [6.07, 6.45) is -0.604. The van der Waals surface area contributed by atoms with Gasteiger partial charge in [0.05, 0.1) is 22.9 Å². The molecular formula is C23H16F3N3O3S. The maximum absolute atomic E-state index is 13.5. The first-order valence-electron chi connectivity index (χ1n) is 9.90. The molecule has 1 N–H and O–H groups in total. The van der Waals surface area contributed by atoms with Gasteiger partial charge in [-0.3, -0.25) is 9.69 Å². The number of amides is 1. The second-order valence-corrected chi connectivity index (χ2v) is 8.11. The predicted molar refractivity (Wildman–Crippen MR) is 118 cm³/mol. The Morgan fingerprint density at radius 1 is 1.15 bits per heavy atom. The number of rotatable bonds is 4. The van der Waals surface area contributed by atoms with Gasteiger partial charge in [-0.2, -0.15) is 18.4 Å². The molecule has 2 aromatic rings. The van der Waals surface area contributed by atoms with Crippen LogP contribution in [-0.2, 0) is 15.8 Å². The summed E-state index contributed by atoms with van der Waals surface area (Å²) in [6.45, 7) is 0. The van der Waals surface area contributed by atoms with Gasteiger partial charge < -0.3 is 10.0 Å². The van der Waals surface area contributed by atoms with Crippen molar-refractivity contribution in [2.24, 2.45) is 0 Å². The molecule has 1 heterocycles. The average molecular weight is 471 g/mol. The molecule has 6 nitrogen and oxygen atoms in total. The molecule has 2 aliphatic rings. The Morgan fingerprint density at radius 3 is 2.30 bits per heavy atom. The summed E-state index contributed by atoms with van der Waals surface area (Å²) in [6, 6.07) is 11.3. The van der Waals surface area contributed by atoms with Crippen LogP contribution in [0.25, 0.3) is 6.08 Å². The lowest BCUT2D eigenvalue weighted by molar-refractivity contribution is -0.138. The number of hydrogen-bond donors (Lipinski definition) is 1. The summed E-state index contributed by atoms with van der Waals surface area (Å²) in [5, 5.41) is 17.9. The van der Waals surface area contributed by atoms with E-state index in [1.165, 1.54) is 18.2 Å². The van der Waals surface area contributed by atoms with Crippen molar-refractivity contribution in [2.75, 3.05) is 9.80 Å². The minimum atomic E-state index is -4.77. The fourth-order valence-corrected chi connectivity index (χ4v) is 4.58. The molecule has 0 radical (unpaired) electrons. The molecule has 0 bridgehead atoms. The third kappa shape index (κ3) is 3.74. The first kappa shape index (κ1) is 22.5. The summed E-state index contributed by atoms with van der Waals surface area (Å²) >= 11 is 5.56. The highest BCUT2D eigenvalue weighted by Gasteiger charge is 2.59. The van der Waals surface area contributed by atoms with E-state index in [9.17, 15) is 22.8 Å². The van der Waals surface area contributed by atoms with E-state index in [2.05, 4.69) is 0 Å². The van der Waals surface area contributed by atoms with Crippen LogP contribution in [0.2, 0.25) is 0 Å². The number of thiocarbonyl (C=S) groups is 1. The number of anilines is 2. The van der Waals surface area contributed by atoms with E-state index in [-0.39, 0.29) is 10.8 Å². The molecule has 1 saturated heterocycles. The number of nitriles is 1. The van der Waals surface area contributed by atoms with Gasteiger partial charge in [0, 0.05) is 11.8 Å². The SMILES string of the molecule is N#Cc1ccc(N2C(=O)C3(CCC3)N(c3ccc(C=CC(=O)O)cc3)C2=S)cc1C(F)(F)F. The van der Waals surface area contributed by atoms with Crippen molar-refractivity contribution in [3.63, 3.8) is 0 Å². The van der Waals surface area contributed by atoms with E-state index >= 15 is 0 Å². The zero-order valence-corrected chi connectivity index (χ0v) is 17.8. The van der Waals surface area contributed by atoms with Crippen LogP contribution >= 0.6 is 12.2 Å². The predicted octanol–water partition coefficient (Wildman–Crippen LogP) is 4.74. The van der Waals surface area contributed by atoms with Crippen molar-refractivity contribution in [1.29, 1.82) is 5.26 Å². The van der Waals surface area contributed by atoms with Crippen molar-refractivity contribution in [2.45, 2.75) is 31.0 Å². The Hall–Kier alpha value is -3.71. The number of aliphatic carboxylic acids is 1. The van der Waals surface area contributed by atoms with Crippen molar-refractivity contribution in [3.05, 3.63) is 65.2 Å². The molecule has 1 spiro atoms. The molecule has 1 amide bonds. The number of hydrogen-bond acceptors (Lipinski definition) is 4. The van der Waals surface area contributed by atoms with Gasteiger partial charge in [-0.15, -0.1) is 0 Å². The summed E-state index contributed by atoms with van der Waals surface area (Å²) in [5.74, 6) is -1.50. The number of benzene rings is 2. The van der Waals surface area contributed by atoms with Crippen LogP contribution in [0.1, 0.15) is 36.0 Å². The second kappa shape index (κ2) is 8.01. The normalized spacial score (nSPS) is 17.5. The lowest BCUT2D eigenvalue weighted by Gasteiger charge is -2.43. The van der Waals surface area contributed by atoms with E-state index in [4.69, 9.17) is 22.6 Å². The maximum Gasteiger partial charge on any atom is 0.417 e. The van der Waals surface area contributed by atoms with Crippen LogP contribution in [0.5, 0.6) is 0 Å². The Morgan fingerprint density at radius 2 is 1.79 bits per heavy atom. The topological polar surface area (TPSA) is 84.6 Å². The molecule has 1 aliphatic carbocycles. The van der Waals surface area contributed by atoms with E-state index in [1.54, 1.807) is 29.2 Å². The van der Waals surface area contributed by atoms with Crippen LogP contribution in [0.4, 0.5) is 24.5 Å². The third-order valence-corrected chi connectivity index (χ3v) is 6.21. The fraction of sp³-hybridized carbons (Fsp3) is 0.217. The standard InChI is InChI=1S/C23H16F3N3O3S/c24-23(25,26)18-12-17(8-5-15(18)13-27)28-20(32)22(10-1-11-22)29(21(28)33)16-6-2-14(3-7-16)4-9-19(30)31/h2-9,12H,1,10-11H2,(H,30,31). The molecular weight excluding hydrogens is 455 g/mol. The van der Waals surface area contributed by atoms with E-state index in [0.29, 0.717) is 24.1 Å². The molecule has 2 fully saturated rings. The zero-order valence-electron chi connectivity index (χ0n) is 17.0. The monoisotopic (exact) mass is 471 g/mol. The van der Waals surface area contributed by atoms with Gasteiger partial charge in [0.15, 0.2) is 5.11 Å². The quantitative estimate of drug-likeness (QED) is 0.513. The molecule has 0 aromatic heterocycles. The van der Waals surface area contributed by atoms with Crippen LogP contribution in [0, 0.1) is 11.3 Å². The Labute approximate surface area is 192 Å². The van der Waals surface area contributed by atoms with Gasteiger partial charge >= 0.3 is 12.1 Å². The summed E-state index contributed by atoms with van der Waals surface area (Å²) < 4.78 is 40.4. The molecule has 0 unspecified atom stereocenters. The number of carboxylic acids is 1. The summed E-state index contributed by atoms with van der Waals surface area (Å²) in [4.78, 5) is 26.9. The van der Waals surface area contributed by atoms with Crippen LogP contribution < -0.4 is 9.80 Å². The molecule has 1 aliphatic heterocycles. The highest BCUT2D eigenvalue weighted by Crippen LogP contribution is 2.48. The fourth-order valence-electron chi connectivity index (χ4n) is 4.11. The molecule has 168 valence electrons. The largest absolute Gasteiger partial charge is 0.478 e. The van der Waals surface area contributed by atoms with Gasteiger partial charge in [-0.25, -0.2) is 4.79 Å². The molecule has 4 rings (SSSR count).